The summed E-state index contributed by atoms with van der Waals surface area (Å²) < 4.78 is 2.10. The molecule has 116 valence electrons. The molecule has 22 heavy (non-hydrogen) atoms. The number of anilines is 1. The van der Waals surface area contributed by atoms with Gasteiger partial charge in [-0.2, -0.15) is 0 Å². The van der Waals surface area contributed by atoms with Crippen molar-refractivity contribution in [3.05, 3.63) is 33.5 Å². The summed E-state index contributed by atoms with van der Waals surface area (Å²) in [5.41, 5.74) is 7.84. The Labute approximate surface area is 141 Å². The average Bonchev–Trinajstić information content (AvgIpc) is 2.81. The van der Waals surface area contributed by atoms with E-state index in [1.165, 1.54) is 4.88 Å². The molecule has 1 aliphatic rings. The number of rotatable bonds is 4. The normalized spacial score (nSPS) is 15.5. The van der Waals surface area contributed by atoms with E-state index in [2.05, 4.69) is 39.6 Å². The SMILES string of the molecule is Cc1sc2c(NC[C@H](C)N)nc(C3=CCNC=C3)nc2c1Br. The molecule has 0 spiro atoms. The molecular weight excluding hydrogens is 362 g/mol. The fraction of sp³-hybridized carbons (Fsp3) is 0.333. The molecule has 0 fully saturated rings. The number of halogens is 1. The Balaban J connectivity index is 2.11. The second-order valence-electron chi connectivity index (χ2n) is 5.31. The number of fused-ring (bicyclic) bond motifs is 1. The summed E-state index contributed by atoms with van der Waals surface area (Å²) in [6.45, 7) is 5.52. The number of thiophene rings is 1. The lowest BCUT2D eigenvalue weighted by Gasteiger charge is -2.12. The molecule has 3 heterocycles. The third kappa shape index (κ3) is 3.02. The first kappa shape index (κ1) is 15.5. The molecule has 7 heteroatoms. The van der Waals surface area contributed by atoms with Crippen molar-refractivity contribution in [1.82, 2.24) is 15.3 Å². The van der Waals surface area contributed by atoms with E-state index >= 15 is 0 Å². The maximum Gasteiger partial charge on any atom is 0.162 e. The molecule has 2 aromatic rings. The van der Waals surface area contributed by atoms with Crippen LogP contribution < -0.4 is 16.4 Å². The Morgan fingerprint density at radius 3 is 3.00 bits per heavy atom. The molecule has 0 unspecified atom stereocenters. The second-order valence-corrected chi connectivity index (χ2v) is 7.32. The van der Waals surface area contributed by atoms with Gasteiger partial charge in [0.05, 0.1) is 9.17 Å². The highest BCUT2D eigenvalue weighted by atomic mass is 79.9. The minimum atomic E-state index is 0.0657. The molecule has 5 nitrogen and oxygen atoms in total. The van der Waals surface area contributed by atoms with Gasteiger partial charge in [-0.15, -0.1) is 11.3 Å². The van der Waals surface area contributed by atoms with Crippen LogP contribution in [0.3, 0.4) is 0 Å². The molecule has 2 aromatic heterocycles. The van der Waals surface area contributed by atoms with Crippen LogP contribution in [0, 0.1) is 6.92 Å². The number of hydrogen-bond donors (Lipinski definition) is 3. The van der Waals surface area contributed by atoms with Crippen LogP contribution in [0.2, 0.25) is 0 Å². The number of dihydropyridines is 1. The number of allylic oxidation sites excluding steroid dienone is 2. The Kier molecular flexibility index (Phi) is 4.46. The highest BCUT2D eigenvalue weighted by molar-refractivity contribution is 9.10. The van der Waals surface area contributed by atoms with Crippen molar-refractivity contribution in [2.24, 2.45) is 5.73 Å². The van der Waals surface area contributed by atoms with Crippen molar-refractivity contribution in [2.45, 2.75) is 19.9 Å². The van der Waals surface area contributed by atoms with Crippen molar-refractivity contribution in [1.29, 1.82) is 0 Å². The van der Waals surface area contributed by atoms with Gasteiger partial charge in [-0.1, -0.05) is 6.08 Å². The first-order chi connectivity index (χ1) is 10.6. The number of nitrogens with zero attached hydrogens (tertiary/aromatic N) is 2. The average molecular weight is 380 g/mol. The Bertz CT molecular complexity index is 763. The second kappa shape index (κ2) is 6.36. The van der Waals surface area contributed by atoms with Crippen molar-refractivity contribution in [3.8, 4) is 0 Å². The van der Waals surface area contributed by atoms with Gasteiger partial charge in [0, 0.05) is 29.6 Å². The van der Waals surface area contributed by atoms with Gasteiger partial charge in [-0.25, -0.2) is 9.97 Å². The first-order valence-electron chi connectivity index (χ1n) is 7.13. The van der Waals surface area contributed by atoms with Crippen molar-refractivity contribution < 1.29 is 0 Å². The van der Waals surface area contributed by atoms with Crippen LogP contribution >= 0.6 is 27.3 Å². The van der Waals surface area contributed by atoms with E-state index in [1.54, 1.807) is 11.3 Å². The number of aromatic nitrogens is 2. The Hall–Kier alpha value is -1.44. The maximum absolute atomic E-state index is 5.86. The summed E-state index contributed by atoms with van der Waals surface area (Å²) in [5, 5.41) is 6.49. The van der Waals surface area contributed by atoms with Crippen LogP contribution in [-0.4, -0.2) is 29.1 Å². The summed E-state index contributed by atoms with van der Waals surface area (Å²) in [4.78, 5) is 10.7. The maximum atomic E-state index is 5.86. The third-order valence-electron chi connectivity index (χ3n) is 3.31. The Morgan fingerprint density at radius 1 is 1.50 bits per heavy atom. The van der Waals surface area contributed by atoms with Crippen molar-refractivity contribution >= 4 is 48.9 Å². The van der Waals surface area contributed by atoms with Gasteiger partial charge >= 0.3 is 0 Å². The molecule has 0 amide bonds. The highest BCUT2D eigenvalue weighted by Gasteiger charge is 2.17. The summed E-state index contributed by atoms with van der Waals surface area (Å²) >= 11 is 5.33. The smallest absolute Gasteiger partial charge is 0.162 e. The van der Waals surface area contributed by atoms with Crippen LogP contribution in [0.1, 0.15) is 17.6 Å². The van der Waals surface area contributed by atoms with E-state index in [1.807, 2.05) is 19.2 Å². The van der Waals surface area contributed by atoms with Crippen LogP contribution in [0.15, 0.2) is 22.8 Å². The highest BCUT2D eigenvalue weighted by Crippen LogP contribution is 2.38. The number of nitrogens with two attached hydrogens (primary N) is 1. The molecule has 0 bridgehead atoms. The van der Waals surface area contributed by atoms with Gasteiger partial charge in [0.1, 0.15) is 11.3 Å². The van der Waals surface area contributed by atoms with Gasteiger partial charge < -0.3 is 16.4 Å². The molecule has 1 atom stereocenters. The van der Waals surface area contributed by atoms with E-state index in [-0.39, 0.29) is 6.04 Å². The van der Waals surface area contributed by atoms with Gasteiger partial charge in [-0.05, 0) is 42.1 Å². The lowest BCUT2D eigenvalue weighted by atomic mass is 10.2. The van der Waals surface area contributed by atoms with Gasteiger partial charge in [0.15, 0.2) is 5.82 Å². The van der Waals surface area contributed by atoms with E-state index in [9.17, 15) is 0 Å². The standard InChI is InChI=1S/C15H18BrN5S/c1-8(17)7-19-15-13-12(11(16)9(2)22-13)20-14(21-15)10-3-5-18-6-4-10/h3-5,8,18H,6-7,17H2,1-2H3,(H,19,20,21)/t8-/m0/s1. The van der Waals surface area contributed by atoms with E-state index in [0.717, 1.165) is 38.4 Å². The van der Waals surface area contributed by atoms with Gasteiger partial charge in [0.2, 0.25) is 0 Å². The minimum Gasteiger partial charge on any atom is -0.387 e. The van der Waals surface area contributed by atoms with Crippen LogP contribution in [0.4, 0.5) is 5.82 Å². The first-order valence-corrected chi connectivity index (χ1v) is 8.73. The lowest BCUT2D eigenvalue weighted by molar-refractivity contribution is 0.778. The molecular formula is C15H18BrN5S. The minimum absolute atomic E-state index is 0.0657. The number of aryl methyl sites for hydroxylation is 1. The fourth-order valence-electron chi connectivity index (χ4n) is 2.19. The zero-order valence-corrected chi connectivity index (χ0v) is 14.9. The summed E-state index contributed by atoms with van der Waals surface area (Å²) in [6.07, 6.45) is 6.00. The van der Waals surface area contributed by atoms with E-state index < -0.39 is 0 Å². The largest absolute Gasteiger partial charge is 0.387 e. The van der Waals surface area contributed by atoms with Gasteiger partial charge in [-0.3, -0.25) is 0 Å². The molecule has 0 saturated carbocycles. The Morgan fingerprint density at radius 2 is 2.32 bits per heavy atom. The summed E-state index contributed by atoms with van der Waals surface area (Å²) in [7, 11) is 0. The molecule has 0 saturated heterocycles. The molecule has 1 aliphatic heterocycles. The molecule has 3 rings (SSSR count). The molecule has 0 aliphatic carbocycles. The monoisotopic (exact) mass is 379 g/mol. The molecule has 0 aromatic carbocycles. The summed E-state index contributed by atoms with van der Waals surface area (Å²) in [6, 6.07) is 0.0657. The van der Waals surface area contributed by atoms with Crippen LogP contribution in [0.25, 0.3) is 15.8 Å². The summed E-state index contributed by atoms with van der Waals surface area (Å²) in [5.74, 6) is 1.58. The zero-order chi connectivity index (χ0) is 15.7. The van der Waals surface area contributed by atoms with Gasteiger partial charge in [0.25, 0.3) is 0 Å². The lowest BCUT2D eigenvalue weighted by Crippen LogP contribution is -2.25. The number of nitrogens with one attached hydrogen (secondary N) is 2. The topological polar surface area (TPSA) is 75.9 Å². The van der Waals surface area contributed by atoms with Crippen molar-refractivity contribution in [3.63, 3.8) is 0 Å². The predicted octanol–water partition coefficient (Wildman–Crippen LogP) is 3.02. The fourth-order valence-corrected chi connectivity index (χ4v) is 3.80. The predicted molar refractivity (Wildman–Crippen MR) is 97.1 cm³/mol. The van der Waals surface area contributed by atoms with Crippen LogP contribution in [-0.2, 0) is 0 Å². The quantitative estimate of drug-likeness (QED) is 0.760. The van der Waals surface area contributed by atoms with Crippen LogP contribution in [0.5, 0.6) is 0 Å². The van der Waals surface area contributed by atoms with E-state index in [4.69, 9.17) is 15.7 Å². The van der Waals surface area contributed by atoms with Crippen molar-refractivity contribution in [2.75, 3.05) is 18.4 Å². The zero-order valence-electron chi connectivity index (χ0n) is 12.5. The van der Waals surface area contributed by atoms with E-state index in [0.29, 0.717) is 6.54 Å². The molecule has 4 N–H and O–H groups in total. The molecule has 0 radical (unpaired) electrons. The number of hydrogen-bond acceptors (Lipinski definition) is 6. The third-order valence-corrected chi connectivity index (χ3v) is 5.64.